The van der Waals surface area contributed by atoms with Gasteiger partial charge in [0, 0.05) is 17.6 Å². The van der Waals surface area contributed by atoms with E-state index in [-0.39, 0.29) is 17.6 Å². The lowest BCUT2D eigenvalue weighted by atomic mass is 9.44. The van der Waals surface area contributed by atoms with Crippen LogP contribution in [-0.2, 0) is 18.9 Å². The molecular weight excluding hydrogens is 474 g/mol. The zero-order valence-electron chi connectivity index (χ0n) is 23.5. The summed E-state index contributed by atoms with van der Waals surface area (Å²) in [6.45, 7) is 19.3. The smallest absolute Gasteiger partial charge is 0.336 e. The monoisotopic (exact) mass is 525 g/mol. The highest BCUT2D eigenvalue weighted by molar-refractivity contribution is 7.84. The van der Waals surface area contributed by atoms with Crippen LogP contribution >= 0.6 is 0 Å². The van der Waals surface area contributed by atoms with Crippen LogP contribution in [0.5, 0.6) is 0 Å². The fraction of sp³-hybridized carbons (Fsp3) is 1.00. The predicted molar refractivity (Wildman–Crippen MR) is 144 cm³/mol. The Kier molecular flexibility index (Phi) is 6.69. The maximum absolute atomic E-state index is 12.6. The van der Waals surface area contributed by atoms with E-state index in [0.717, 1.165) is 19.3 Å². The molecule has 9 atom stereocenters. The summed E-state index contributed by atoms with van der Waals surface area (Å²) in [7, 11) is -5.51. The zero-order chi connectivity index (χ0) is 25.6. The molecule has 1 saturated heterocycles. The fourth-order valence-corrected chi connectivity index (χ4v) is 17.6. The molecule has 5 rings (SSSR count). The molecule has 0 aromatic heterocycles. The summed E-state index contributed by atoms with van der Waals surface area (Å²) in [6.07, 6.45) is 9.46. The third kappa shape index (κ3) is 3.87. The minimum atomic E-state index is -3.63. The van der Waals surface area contributed by atoms with E-state index < -0.39 is 18.6 Å². The summed E-state index contributed by atoms with van der Waals surface area (Å²) < 4.78 is 41.0. The second-order valence-corrected chi connectivity index (χ2v) is 21.1. The van der Waals surface area contributed by atoms with Gasteiger partial charge in [0.15, 0.2) is 0 Å². The summed E-state index contributed by atoms with van der Waals surface area (Å²) in [6, 6.07) is 0.0208. The molecule has 0 spiro atoms. The lowest BCUT2D eigenvalue weighted by Crippen LogP contribution is -2.66. The van der Waals surface area contributed by atoms with Crippen molar-refractivity contribution < 1.29 is 17.0 Å². The predicted octanol–water partition coefficient (Wildman–Crippen LogP) is 6.80. The number of rotatable bonds is 5. The van der Waals surface area contributed by atoms with Gasteiger partial charge in [0.05, 0.1) is 6.10 Å². The van der Waals surface area contributed by atoms with Crippen molar-refractivity contribution >= 4 is 18.6 Å². The molecule has 0 radical (unpaired) electrons. The summed E-state index contributed by atoms with van der Waals surface area (Å²) in [5.41, 5.74) is 2.12. The van der Waals surface area contributed by atoms with Crippen LogP contribution in [0.1, 0.15) is 107 Å². The normalized spacial score (nSPS) is 47.0. The molecule has 4 aliphatic carbocycles. The van der Waals surface area contributed by atoms with E-state index >= 15 is 0 Å². The molecule has 202 valence electrons. The average Bonchev–Trinajstić information content (AvgIpc) is 3.08. The molecule has 0 aromatic rings. The van der Waals surface area contributed by atoms with Crippen molar-refractivity contribution in [2.45, 2.75) is 142 Å². The van der Waals surface area contributed by atoms with Crippen molar-refractivity contribution in [3.8, 4) is 0 Å². The van der Waals surface area contributed by atoms with E-state index in [0.29, 0.717) is 51.8 Å². The molecule has 0 bridgehead atoms. The Bertz CT molecular complexity index is 900. The Morgan fingerprint density at radius 3 is 2.17 bits per heavy atom. The van der Waals surface area contributed by atoms with Gasteiger partial charge in [-0.05, 0) is 97.1 Å². The van der Waals surface area contributed by atoms with Crippen molar-refractivity contribution in [2.75, 3.05) is 0 Å². The highest BCUT2D eigenvalue weighted by Crippen LogP contribution is 2.67. The molecule has 0 amide bonds. The third-order valence-electron chi connectivity index (χ3n) is 12.3. The Balaban J connectivity index is 1.38. The Morgan fingerprint density at radius 2 is 1.54 bits per heavy atom. The number of nitrogens with one attached hydrogen (secondary N) is 1. The molecule has 0 unspecified atom stereocenters. The molecule has 1 N–H and O–H groups in total. The maximum Gasteiger partial charge on any atom is 0.336 e. The van der Waals surface area contributed by atoms with Gasteiger partial charge in [0.1, 0.15) is 0 Å². The highest BCUT2D eigenvalue weighted by Gasteiger charge is 2.66. The van der Waals surface area contributed by atoms with Gasteiger partial charge in [-0.1, -0.05) is 55.4 Å². The van der Waals surface area contributed by atoms with Gasteiger partial charge in [-0.25, -0.2) is 0 Å². The van der Waals surface area contributed by atoms with E-state index in [1.165, 1.54) is 32.1 Å². The van der Waals surface area contributed by atoms with Crippen molar-refractivity contribution in [3.63, 3.8) is 0 Å². The standard InChI is InChI=1S/C28H51NO4SSi/c1-17(2)35(18(3)4,19(5)6)33-21-13-14-27(7)20(15-21)9-10-22-23-11-12-26-28(23,8)25(16-24(22)27)29-34(30,31)32-26/h17-26,29H,9-16H2,1-8H3/t20-,21-,22-,23-,24-,25+,26-,27-,28+/m0/s1. The Hall–Kier alpha value is 0.0469. The topological polar surface area (TPSA) is 64.6 Å². The molecule has 5 fully saturated rings. The van der Waals surface area contributed by atoms with Crippen molar-refractivity contribution in [1.29, 1.82) is 0 Å². The summed E-state index contributed by atoms with van der Waals surface area (Å²) in [5, 5.41) is 0. The van der Waals surface area contributed by atoms with Crippen LogP contribution in [0.2, 0.25) is 16.6 Å². The number of hydrogen-bond donors (Lipinski definition) is 1. The molecule has 5 aliphatic rings. The largest absolute Gasteiger partial charge is 0.413 e. The molecule has 7 heteroatoms. The molecular formula is C28H51NO4SSi. The highest BCUT2D eigenvalue weighted by atomic mass is 32.2. The zero-order valence-corrected chi connectivity index (χ0v) is 25.3. The third-order valence-corrected chi connectivity index (χ3v) is 19.5. The van der Waals surface area contributed by atoms with E-state index in [1.54, 1.807) is 0 Å². The molecule has 0 aromatic carbocycles. The van der Waals surface area contributed by atoms with E-state index in [9.17, 15) is 8.42 Å². The van der Waals surface area contributed by atoms with Crippen molar-refractivity contribution in [2.24, 2.45) is 34.5 Å². The minimum Gasteiger partial charge on any atom is -0.413 e. The minimum absolute atomic E-state index is 0.0208. The van der Waals surface area contributed by atoms with Crippen LogP contribution < -0.4 is 4.72 Å². The van der Waals surface area contributed by atoms with Gasteiger partial charge in [-0.3, -0.25) is 4.18 Å². The van der Waals surface area contributed by atoms with Crippen LogP contribution in [0.15, 0.2) is 0 Å². The van der Waals surface area contributed by atoms with Crippen molar-refractivity contribution in [1.82, 2.24) is 4.72 Å². The first kappa shape index (κ1) is 26.6. The van der Waals surface area contributed by atoms with Crippen LogP contribution in [0.4, 0.5) is 0 Å². The molecule has 5 nitrogen and oxygen atoms in total. The van der Waals surface area contributed by atoms with Crippen LogP contribution in [0, 0.1) is 34.5 Å². The number of fused-ring (bicyclic) bond motifs is 4. The van der Waals surface area contributed by atoms with Crippen LogP contribution in [-0.4, -0.2) is 35.0 Å². The van der Waals surface area contributed by atoms with Crippen LogP contribution in [0.3, 0.4) is 0 Å². The lowest BCUT2D eigenvalue weighted by Gasteiger charge is -2.63. The SMILES string of the molecule is CC(C)[Si](O[C@H]1CC[C@@]2(C)[C@@H](CC[C@@H]3[C@@H]2C[C@H]2NS(=O)(=O)O[C@H]4CC[C@@H]3[C@@]42C)C1)(C(C)C)C(C)C. The molecule has 1 heterocycles. The summed E-state index contributed by atoms with van der Waals surface area (Å²) >= 11 is 0. The Morgan fingerprint density at radius 1 is 0.886 bits per heavy atom. The summed E-state index contributed by atoms with van der Waals surface area (Å²) in [4.78, 5) is 0. The molecule has 4 saturated carbocycles. The molecule has 1 aliphatic heterocycles. The van der Waals surface area contributed by atoms with E-state index in [1.807, 2.05) is 0 Å². The van der Waals surface area contributed by atoms with Gasteiger partial charge < -0.3 is 4.43 Å². The average molecular weight is 526 g/mol. The van der Waals surface area contributed by atoms with Crippen molar-refractivity contribution in [3.05, 3.63) is 0 Å². The first-order valence-corrected chi connectivity index (χ1v) is 18.2. The lowest BCUT2D eigenvalue weighted by molar-refractivity contribution is -0.144. The summed E-state index contributed by atoms with van der Waals surface area (Å²) in [5.74, 6) is 2.58. The van der Waals surface area contributed by atoms with E-state index in [2.05, 4.69) is 60.1 Å². The Labute approximate surface area is 216 Å². The fourth-order valence-electron chi connectivity index (χ4n) is 10.7. The second-order valence-electron chi connectivity index (χ2n) is 14.4. The van der Waals surface area contributed by atoms with E-state index in [4.69, 9.17) is 8.61 Å². The maximum atomic E-state index is 12.6. The van der Waals surface area contributed by atoms with Gasteiger partial charge in [-0.15, -0.1) is 0 Å². The number of hydrogen-bond acceptors (Lipinski definition) is 4. The van der Waals surface area contributed by atoms with Gasteiger partial charge in [0.2, 0.25) is 8.32 Å². The molecule has 35 heavy (non-hydrogen) atoms. The van der Waals surface area contributed by atoms with Gasteiger partial charge >= 0.3 is 10.3 Å². The van der Waals surface area contributed by atoms with Gasteiger partial charge in [-0.2, -0.15) is 13.1 Å². The first-order valence-electron chi connectivity index (χ1n) is 14.6. The van der Waals surface area contributed by atoms with Crippen LogP contribution in [0.25, 0.3) is 0 Å². The first-order chi connectivity index (χ1) is 16.3. The quantitative estimate of drug-likeness (QED) is 0.401. The second kappa shape index (κ2) is 8.79. The van der Waals surface area contributed by atoms with Gasteiger partial charge in [0.25, 0.3) is 0 Å².